The quantitative estimate of drug-likeness (QED) is 0.252. The minimum absolute atomic E-state index is 0.124. The van der Waals surface area contributed by atoms with Crippen LogP contribution in [0.4, 0.5) is 0 Å². The van der Waals surface area contributed by atoms with Gasteiger partial charge in [0.15, 0.2) is 0 Å². The van der Waals surface area contributed by atoms with Crippen molar-refractivity contribution in [2.75, 3.05) is 13.2 Å². The number of hydrogen-bond acceptors (Lipinski definition) is 5. The van der Waals surface area contributed by atoms with E-state index in [1.165, 1.54) is 51.4 Å². The van der Waals surface area contributed by atoms with Crippen LogP contribution in [0.5, 0.6) is 0 Å². The number of rotatable bonds is 14. The molecule has 1 aliphatic heterocycles. The van der Waals surface area contributed by atoms with Gasteiger partial charge in [-0.3, -0.25) is 0 Å². The first-order valence-electron chi connectivity index (χ1n) is 10.6. The predicted octanol–water partition coefficient (Wildman–Crippen LogP) is 5.27. The summed E-state index contributed by atoms with van der Waals surface area (Å²) in [7, 11) is 0. The van der Waals surface area contributed by atoms with Gasteiger partial charge < -0.3 is 0 Å². The maximum absolute atomic E-state index is 12.0. The van der Waals surface area contributed by atoms with Crippen molar-refractivity contribution < 1.29 is 20.5 Å². The molecule has 0 aromatic carbocycles. The van der Waals surface area contributed by atoms with E-state index in [0.717, 1.165) is 34.6 Å². The zero-order valence-electron chi connectivity index (χ0n) is 16.9. The number of hydrogen-bond donors (Lipinski definition) is 0. The van der Waals surface area contributed by atoms with E-state index in [1.807, 2.05) is 0 Å². The number of unbranched alkanes of at least 4 members (excludes halogenated alkanes) is 10. The fourth-order valence-corrected chi connectivity index (χ4v) is 12.6. The summed E-state index contributed by atoms with van der Waals surface area (Å²) in [5, 5.41) is 0. The van der Waals surface area contributed by atoms with Crippen LogP contribution in [0, 0.1) is 0 Å². The molecule has 1 heterocycles. The Morgan fingerprint density at radius 1 is 0.654 bits per heavy atom. The molecule has 1 fully saturated rings. The van der Waals surface area contributed by atoms with E-state index in [1.54, 1.807) is 0 Å². The van der Waals surface area contributed by atoms with E-state index in [-0.39, 0.29) is 25.2 Å². The minimum atomic E-state index is -3.69. The predicted molar refractivity (Wildman–Crippen MR) is 105 cm³/mol. The van der Waals surface area contributed by atoms with E-state index in [9.17, 15) is 9.59 Å². The van der Waals surface area contributed by atoms with Crippen molar-refractivity contribution in [3.63, 3.8) is 0 Å². The van der Waals surface area contributed by atoms with E-state index < -0.39 is 19.2 Å². The van der Waals surface area contributed by atoms with Crippen molar-refractivity contribution in [2.45, 2.75) is 99.8 Å². The molecule has 152 valence electrons. The van der Waals surface area contributed by atoms with Gasteiger partial charge in [0, 0.05) is 0 Å². The van der Waals surface area contributed by atoms with Crippen molar-refractivity contribution in [1.82, 2.24) is 0 Å². The van der Waals surface area contributed by atoms with Crippen LogP contribution < -0.4 is 0 Å². The van der Waals surface area contributed by atoms with Gasteiger partial charge in [0.2, 0.25) is 0 Å². The standard InChI is InChI=1S/2C8H17.C4H6O5.Sn/c2*1-3-5-7-8-6-4-2;5-3(6)1-9-2-4(7)8;/h2*1,3-8H2,2H3;1-2H2,(H,5,6)(H,7,8);/q;;;+2/p-2. The molecule has 0 aromatic heterocycles. The summed E-state index contributed by atoms with van der Waals surface area (Å²) >= 11 is -3.69. The van der Waals surface area contributed by atoms with E-state index in [4.69, 9.17) is 10.9 Å². The molecule has 5 nitrogen and oxygen atoms in total. The Morgan fingerprint density at radius 2 is 1.04 bits per heavy atom. The Hall–Kier alpha value is -0.301. The molecule has 0 aliphatic carbocycles. The van der Waals surface area contributed by atoms with Gasteiger partial charge in [-0.05, 0) is 0 Å². The summed E-state index contributed by atoms with van der Waals surface area (Å²) < 4.78 is 18.2. The molecule has 0 amide bonds. The molecule has 0 bridgehead atoms. The first-order chi connectivity index (χ1) is 12.6. The fraction of sp³-hybridized carbons (Fsp3) is 0.900. The number of carbonyl (C=O) groups excluding carboxylic acids is 2. The van der Waals surface area contributed by atoms with Gasteiger partial charge in [-0.2, -0.15) is 0 Å². The SMILES string of the molecule is CCCCCCC[CH2][Sn]1([CH2]CCCCCCC)[O]C(=O)COCC(=O)[O]1. The average Bonchev–Trinajstić information content (AvgIpc) is 2.59. The van der Waals surface area contributed by atoms with Gasteiger partial charge in [-0.1, -0.05) is 0 Å². The molecular weight excluding hydrogens is 439 g/mol. The monoisotopic (exact) mass is 478 g/mol. The molecular formula is C20H38O5Sn. The molecule has 0 atom stereocenters. The zero-order valence-corrected chi connectivity index (χ0v) is 19.7. The number of ether oxygens (including phenoxy) is 1. The molecule has 1 aliphatic rings. The van der Waals surface area contributed by atoms with Crippen LogP contribution in [0.1, 0.15) is 90.9 Å². The van der Waals surface area contributed by atoms with E-state index >= 15 is 0 Å². The van der Waals surface area contributed by atoms with Crippen LogP contribution in [-0.2, 0) is 20.5 Å². The second-order valence-electron chi connectivity index (χ2n) is 7.39. The van der Waals surface area contributed by atoms with Crippen LogP contribution in [0.2, 0.25) is 8.87 Å². The Kier molecular flexibility index (Phi) is 13.4. The molecule has 1 rings (SSSR count). The van der Waals surface area contributed by atoms with Crippen molar-refractivity contribution in [2.24, 2.45) is 0 Å². The summed E-state index contributed by atoms with van der Waals surface area (Å²) in [6.07, 6.45) is 14.2. The topological polar surface area (TPSA) is 61.8 Å². The van der Waals surface area contributed by atoms with Gasteiger partial charge in [0.25, 0.3) is 0 Å². The van der Waals surface area contributed by atoms with Crippen LogP contribution in [-0.4, -0.2) is 44.4 Å². The Balaban J connectivity index is 2.53. The van der Waals surface area contributed by atoms with E-state index in [0.29, 0.717) is 0 Å². The Bertz CT molecular complexity index is 364. The third-order valence-corrected chi connectivity index (χ3v) is 14.7. The third kappa shape index (κ3) is 10.8. The molecule has 26 heavy (non-hydrogen) atoms. The maximum atomic E-state index is 12.0. The van der Waals surface area contributed by atoms with Gasteiger partial charge in [-0.15, -0.1) is 0 Å². The third-order valence-electron chi connectivity index (χ3n) is 4.86. The average molecular weight is 477 g/mol. The molecule has 6 heteroatoms. The second kappa shape index (κ2) is 14.7. The van der Waals surface area contributed by atoms with Gasteiger partial charge in [-0.25, -0.2) is 0 Å². The molecule has 0 unspecified atom stereocenters. The fourth-order valence-electron chi connectivity index (χ4n) is 3.39. The van der Waals surface area contributed by atoms with Gasteiger partial charge in [0.1, 0.15) is 0 Å². The Labute approximate surface area is 164 Å². The molecule has 0 spiro atoms. The van der Waals surface area contributed by atoms with Crippen molar-refractivity contribution in [3.05, 3.63) is 0 Å². The van der Waals surface area contributed by atoms with Crippen molar-refractivity contribution in [3.8, 4) is 0 Å². The van der Waals surface area contributed by atoms with Crippen molar-refractivity contribution >= 4 is 31.1 Å². The molecule has 0 aromatic rings. The molecule has 0 saturated carbocycles. The van der Waals surface area contributed by atoms with E-state index in [2.05, 4.69) is 13.8 Å². The number of carbonyl (C=O) groups is 2. The summed E-state index contributed by atoms with van der Waals surface area (Å²) in [4.78, 5) is 24.0. The van der Waals surface area contributed by atoms with Crippen molar-refractivity contribution in [1.29, 1.82) is 0 Å². The van der Waals surface area contributed by atoms with Gasteiger partial charge in [0.05, 0.1) is 0 Å². The first kappa shape index (κ1) is 23.7. The zero-order chi connectivity index (χ0) is 19.1. The molecule has 0 radical (unpaired) electrons. The van der Waals surface area contributed by atoms with Crippen LogP contribution in [0.25, 0.3) is 0 Å². The van der Waals surface area contributed by atoms with Gasteiger partial charge >= 0.3 is 165 Å². The first-order valence-corrected chi connectivity index (χ1v) is 17.0. The van der Waals surface area contributed by atoms with Crippen LogP contribution >= 0.6 is 0 Å². The normalized spacial score (nSPS) is 17.3. The second-order valence-corrected chi connectivity index (χ2v) is 16.6. The summed E-state index contributed by atoms with van der Waals surface area (Å²) in [5.41, 5.74) is 0. The molecule has 1 saturated heterocycles. The summed E-state index contributed by atoms with van der Waals surface area (Å²) in [6.45, 7) is 4.17. The van der Waals surface area contributed by atoms with Crippen LogP contribution in [0.3, 0.4) is 0 Å². The van der Waals surface area contributed by atoms with Crippen LogP contribution in [0.15, 0.2) is 0 Å². The molecule has 0 N–H and O–H groups in total. The summed E-state index contributed by atoms with van der Waals surface area (Å²) in [5.74, 6) is -0.685. The Morgan fingerprint density at radius 3 is 1.46 bits per heavy atom. The summed E-state index contributed by atoms with van der Waals surface area (Å²) in [6, 6.07) is 0.